The van der Waals surface area contributed by atoms with Crippen molar-refractivity contribution in [3.8, 4) is 0 Å². The zero-order valence-electron chi connectivity index (χ0n) is 14.1. The van der Waals surface area contributed by atoms with Crippen molar-refractivity contribution in [1.29, 1.82) is 0 Å². The summed E-state index contributed by atoms with van der Waals surface area (Å²) in [5, 5.41) is 9.39. The zero-order chi connectivity index (χ0) is 16.2. The highest BCUT2D eigenvalue weighted by Gasteiger charge is 2.55. The lowest BCUT2D eigenvalue weighted by atomic mass is 9.49. The van der Waals surface area contributed by atoms with E-state index in [-0.39, 0.29) is 18.1 Å². The molecule has 128 valence electrons. The molecule has 0 heterocycles. The number of aliphatic hydroxyl groups excluding tert-OH is 1. The summed E-state index contributed by atoms with van der Waals surface area (Å²) in [4.78, 5) is 11.8. The second kappa shape index (κ2) is 5.68. The number of carbonyl (C=O) groups excluding carboxylic acids is 1. The maximum Gasteiger partial charge on any atom is 0.196 e. The van der Waals surface area contributed by atoms with Crippen LogP contribution in [0.25, 0.3) is 0 Å². The molecule has 4 aliphatic carbocycles. The Bertz CT molecular complexity index is 526. The van der Waals surface area contributed by atoms with E-state index in [1.807, 2.05) is 6.08 Å². The van der Waals surface area contributed by atoms with Gasteiger partial charge in [-0.25, -0.2) is 4.39 Å². The summed E-state index contributed by atoms with van der Waals surface area (Å²) < 4.78 is 13.5. The normalized spacial score (nSPS) is 47.3. The molecule has 4 aliphatic rings. The topological polar surface area (TPSA) is 37.3 Å². The third kappa shape index (κ3) is 2.59. The number of hydrogen-bond acceptors (Lipinski definition) is 2. The Morgan fingerprint density at radius 2 is 2.17 bits per heavy atom. The van der Waals surface area contributed by atoms with E-state index in [1.54, 1.807) is 0 Å². The fraction of sp³-hybridized carbons (Fsp3) is 0.850. The number of halogens is 1. The number of ketones is 1. The van der Waals surface area contributed by atoms with Gasteiger partial charge in [-0.2, -0.15) is 0 Å². The Hall–Kier alpha value is -0.700. The molecule has 0 radical (unpaired) electrons. The van der Waals surface area contributed by atoms with Crippen molar-refractivity contribution < 1.29 is 14.3 Å². The Kier molecular flexibility index (Phi) is 3.91. The van der Waals surface area contributed by atoms with Crippen LogP contribution in [0.15, 0.2) is 11.6 Å². The first-order chi connectivity index (χ1) is 11.0. The van der Waals surface area contributed by atoms with E-state index < -0.39 is 6.36 Å². The van der Waals surface area contributed by atoms with Crippen LogP contribution in [-0.4, -0.2) is 17.2 Å². The minimum absolute atomic E-state index is 0.219. The molecule has 3 heteroatoms. The van der Waals surface area contributed by atoms with E-state index in [2.05, 4.69) is 6.92 Å². The second-order valence-electron chi connectivity index (χ2n) is 8.90. The first-order valence-corrected chi connectivity index (χ1v) is 9.53. The van der Waals surface area contributed by atoms with Crippen LogP contribution in [0.3, 0.4) is 0 Å². The molecule has 23 heavy (non-hydrogen) atoms. The molecule has 0 aromatic heterocycles. The molecule has 0 aromatic rings. The van der Waals surface area contributed by atoms with Gasteiger partial charge in [0.25, 0.3) is 0 Å². The van der Waals surface area contributed by atoms with Gasteiger partial charge in [0.15, 0.2) is 12.1 Å². The first-order valence-electron chi connectivity index (χ1n) is 9.53. The summed E-state index contributed by atoms with van der Waals surface area (Å²) in [7, 11) is 0. The van der Waals surface area contributed by atoms with Crippen molar-refractivity contribution in [3.63, 3.8) is 0 Å². The van der Waals surface area contributed by atoms with Gasteiger partial charge < -0.3 is 5.11 Å². The van der Waals surface area contributed by atoms with E-state index in [9.17, 15) is 14.3 Å². The Morgan fingerprint density at radius 1 is 1.35 bits per heavy atom. The molecule has 0 saturated heterocycles. The Labute approximate surface area is 138 Å². The largest absolute Gasteiger partial charge is 0.364 e. The summed E-state index contributed by atoms with van der Waals surface area (Å²) in [5.74, 6) is 2.88. The molecule has 0 amide bonds. The molecular formula is C20H29FO2. The predicted octanol–water partition coefficient (Wildman–Crippen LogP) is 4.42. The monoisotopic (exact) mass is 320 g/mol. The summed E-state index contributed by atoms with van der Waals surface area (Å²) in [6.07, 6.45) is 9.36. The highest BCUT2D eigenvalue weighted by molar-refractivity contribution is 5.91. The van der Waals surface area contributed by atoms with Crippen molar-refractivity contribution in [2.24, 2.45) is 35.0 Å². The molecule has 3 saturated carbocycles. The lowest BCUT2D eigenvalue weighted by molar-refractivity contribution is -0.116. The average Bonchev–Trinajstić information content (AvgIpc) is 2.87. The molecule has 0 aliphatic heterocycles. The van der Waals surface area contributed by atoms with E-state index in [1.165, 1.54) is 37.7 Å². The summed E-state index contributed by atoms with van der Waals surface area (Å²) in [5.41, 5.74) is 1.71. The zero-order valence-corrected chi connectivity index (χ0v) is 14.1. The molecule has 0 aromatic carbocycles. The van der Waals surface area contributed by atoms with Crippen LogP contribution in [-0.2, 0) is 4.79 Å². The third-order valence-electron chi connectivity index (χ3n) is 7.75. The molecule has 1 unspecified atom stereocenters. The average molecular weight is 320 g/mol. The predicted molar refractivity (Wildman–Crippen MR) is 87.3 cm³/mol. The number of hydrogen-bond donors (Lipinski definition) is 1. The van der Waals surface area contributed by atoms with Crippen LogP contribution in [0.4, 0.5) is 4.39 Å². The molecule has 1 N–H and O–H groups in total. The highest BCUT2D eigenvalue weighted by atomic mass is 19.1. The van der Waals surface area contributed by atoms with Gasteiger partial charge in [0.1, 0.15) is 0 Å². The van der Waals surface area contributed by atoms with E-state index in [0.717, 1.165) is 12.8 Å². The van der Waals surface area contributed by atoms with Crippen LogP contribution >= 0.6 is 0 Å². The molecule has 7 atom stereocenters. The van der Waals surface area contributed by atoms with Crippen molar-refractivity contribution in [3.05, 3.63) is 11.6 Å². The number of aliphatic hydroxyl groups is 1. The molecule has 4 rings (SSSR count). The summed E-state index contributed by atoms with van der Waals surface area (Å²) in [6.45, 7) is 2.44. The van der Waals surface area contributed by atoms with Gasteiger partial charge in [-0.1, -0.05) is 18.9 Å². The van der Waals surface area contributed by atoms with Crippen LogP contribution in [0.2, 0.25) is 0 Å². The minimum Gasteiger partial charge on any atom is -0.364 e. The standard InChI is InChI=1S/C20H29FO2/c1-20-7-2-3-17(20)19-13(11-18(21)23)9-12-10-14(22)4-5-15(12)16(19)6-8-20/h10,13,15-19,23H,2-9,11H2,1H3/t13-,15-,16+,17-,18?,19+,20-/m0/s1. The lowest BCUT2D eigenvalue weighted by Gasteiger charge is -2.56. The number of allylic oxidation sites excluding steroid dienone is 1. The highest BCUT2D eigenvalue weighted by Crippen LogP contribution is 2.63. The second-order valence-corrected chi connectivity index (χ2v) is 8.90. The van der Waals surface area contributed by atoms with Gasteiger partial charge in [0.05, 0.1) is 0 Å². The summed E-state index contributed by atoms with van der Waals surface area (Å²) >= 11 is 0. The van der Waals surface area contributed by atoms with Gasteiger partial charge in [0, 0.05) is 12.8 Å². The Balaban J connectivity index is 1.69. The number of carbonyl (C=O) groups is 1. The van der Waals surface area contributed by atoms with Crippen molar-refractivity contribution in [2.45, 2.75) is 71.1 Å². The number of alkyl halides is 1. The van der Waals surface area contributed by atoms with Crippen molar-refractivity contribution in [2.75, 3.05) is 0 Å². The smallest absolute Gasteiger partial charge is 0.196 e. The van der Waals surface area contributed by atoms with Crippen LogP contribution < -0.4 is 0 Å². The maximum atomic E-state index is 13.5. The van der Waals surface area contributed by atoms with Gasteiger partial charge >= 0.3 is 0 Å². The maximum absolute atomic E-state index is 13.5. The first kappa shape index (κ1) is 15.8. The van der Waals surface area contributed by atoms with Gasteiger partial charge in [-0.05, 0) is 79.6 Å². The number of rotatable bonds is 2. The van der Waals surface area contributed by atoms with Gasteiger partial charge in [-0.3, -0.25) is 4.79 Å². The minimum atomic E-state index is -1.72. The number of fused-ring (bicyclic) bond motifs is 5. The van der Waals surface area contributed by atoms with Crippen molar-refractivity contribution in [1.82, 2.24) is 0 Å². The van der Waals surface area contributed by atoms with Crippen LogP contribution in [0, 0.1) is 35.0 Å². The van der Waals surface area contributed by atoms with Gasteiger partial charge in [0.2, 0.25) is 0 Å². The molecule has 0 bridgehead atoms. The fourth-order valence-electron chi connectivity index (χ4n) is 6.86. The fourth-order valence-corrected chi connectivity index (χ4v) is 6.86. The molecule has 0 spiro atoms. The lowest BCUT2D eigenvalue weighted by Crippen LogP contribution is -2.49. The van der Waals surface area contributed by atoms with Crippen LogP contribution in [0.5, 0.6) is 0 Å². The summed E-state index contributed by atoms with van der Waals surface area (Å²) in [6, 6.07) is 0. The quantitative estimate of drug-likeness (QED) is 0.817. The molecule has 3 fully saturated rings. The molecular weight excluding hydrogens is 291 g/mol. The SMILES string of the molecule is C[C@@]12CCC[C@H]1[C@@H]1[C@H](CC(O)F)CC3=CC(=O)CC[C@@H]3[C@H]1CC2. The van der Waals surface area contributed by atoms with Crippen molar-refractivity contribution >= 4 is 5.78 Å². The Morgan fingerprint density at radius 3 is 2.96 bits per heavy atom. The molecule has 2 nitrogen and oxygen atoms in total. The third-order valence-corrected chi connectivity index (χ3v) is 7.75. The van der Waals surface area contributed by atoms with E-state index in [4.69, 9.17) is 0 Å². The van der Waals surface area contributed by atoms with Crippen LogP contribution in [0.1, 0.15) is 64.7 Å². The van der Waals surface area contributed by atoms with E-state index >= 15 is 0 Å². The van der Waals surface area contributed by atoms with Gasteiger partial charge in [-0.15, -0.1) is 0 Å². The van der Waals surface area contributed by atoms with E-state index in [0.29, 0.717) is 35.5 Å².